The van der Waals surface area contributed by atoms with Gasteiger partial charge in [-0.3, -0.25) is 0 Å². The molecule has 0 aliphatic heterocycles. The van der Waals surface area contributed by atoms with E-state index in [9.17, 15) is 9.59 Å². The third-order valence-electron chi connectivity index (χ3n) is 2.28. The molecule has 1 aromatic rings. The standard InChI is InChI=1S/C11H16N2O4S/c1-7-8(10(14)15)9(13-11(16)12-7)18-6-4-3-5-17-2/h3-6H2,1-2H3,(H,14,15)(H,12,13,16). The van der Waals surface area contributed by atoms with Crippen LogP contribution in [0.3, 0.4) is 0 Å². The quantitative estimate of drug-likeness (QED) is 0.441. The first-order valence-electron chi connectivity index (χ1n) is 5.52. The van der Waals surface area contributed by atoms with Crippen molar-refractivity contribution in [3.8, 4) is 0 Å². The number of aromatic carboxylic acids is 1. The lowest BCUT2D eigenvalue weighted by molar-refractivity contribution is 0.0690. The van der Waals surface area contributed by atoms with Crippen LogP contribution >= 0.6 is 11.8 Å². The number of thioether (sulfide) groups is 1. The molecule has 1 rings (SSSR count). The van der Waals surface area contributed by atoms with Gasteiger partial charge in [0.2, 0.25) is 0 Å². The second kappa shape index (κ2) is 7.17. The number of rotatable bonds is 7. The maximum Gasteiger partial charge on any atom is 0.346 e. The Bertz CT molecular complexity index is 473. The van der Waals surface area contributed by atoms with Crippen LogP contribution in [-0.2, 0) is 4.74 Å². The van der Waals surface area contributed by atoms with Gasteiger partial charge in [0.05, 0.1) is 0 Å². The predicted molar refractivity (Wildman–Crippen MR) is 68.4 cm³/mol. The first kappa shape index (κ1) is 14.7. The van der Waals surface area contributed by atoms with Crippen molar-refractivity contribution in [2.45, 2.75) is 24.8 Å². The van der Waals surface area contributed by atoms with Crippen LogP contribution in [0.4, 0.5) is 0 Å². The fourth-order valence-electron chi connectivity index (χ4n) is 1.43. The molecule has 6 nitrogen and oxygen atoms in total. The number of nitrogens with one attached hydrogen (secondary N) is 1. The van der Waals surface area contributed by atoms with E-state index in [0.717, 1.165) is 12.8 Å². The number of hydrogen-bond donors (Lipinski definition) is 2. The Kier molecular flexibility index (Phi) is 5.87. The molecule has 2 N–H and O–H groups in total. The van der Waals surface area contributed by atoms with Crippen molar-refractivity contribution < 1.29 is 14.6 Å². The molecule has 0 unspecified atom stereocenters. The van der Waals surface area contributed by atoms with Crippen LogP contribution in [0.5, 0.6) is 0 Å². The van der Waals surface area contributed by atoms with E-state index in [4.69, 9.17) is 9.84 Å². The number of aryl methyl sites for hydroxylation is 1. The zero-order valence-electron chi connectivity index (χ0n) is 10.4. The van der Waals surface area contributed by atoms with Crippen molar-refractivity contribution in [3.05, 3.63) is 21.7 Å². The summed E-state index contributed by atoms with van der Waals surface area (Å²) in [6.45, 7) is 2.23. The molecule has 0 spiro atoms. The summed E-state index contributed by atoms with van der Waals surface area (Å²) in [5.74, 6) is -0.366. The molecule has 1 aromatic heterocycles. The van der Waals surface area contributed by atoms with E-state index in [-0.39, 0.29) is 10.6 Å². The van der Waals surface area contributed by atoms with Crippen molar-refractivity contribution in [2.75, 3.05) is 19.5 Å². The summed E-state index contributed by atoms with van der Waals surface area (Å²) in [5, 5.41) is 9.36. The number of aromatic nitrogens is 2. The van der Waals surface area contributed by atoms with Crippen molar-refractivity contribution in [1.29, 1.82) is 0 Å². The Hall–Kier alpha value is -1.34. The molecular formula is C11H16N2O4S. The van der Waals surface area contributed by atoms with Gasteiger partial charge in [0.15, 0.2) is 0 Å². The zero-order valence-corrected chi connectivity index (χ0v) is 11.2. The fraction of sp³-hybridized carbons (Fsp3) is 0.545. The van der Waals surface area contributed by atoms with Crippen LogP contribution in [0.15, 0.2) is 9.82 Å². The van der Waals surface area contributed by atoms with Crippen LogP contribution in [0, 0.1) is 6.92 Å². The Balaban J connectivity index is 2.74. The SMILES string of the molecule is COCCCCSc1nc(=O)[nH]c(C)c1C(=O)O. The van der Waals surface area contributed by atoms with Gasteiger partial charge in [-0.15, -0.1) is 11.8 Å². The number of hydrogen-bond acceptors (Lipinski definition) is 5. The highest BCUT2D eigenvalue weighted by Gasteiger charge is 2.16. The van der Waals surface area contributed by atoms with E-state index in [0.29, 0.717) is 18.1 Å². The molecule has 0 saturated carbocycles. The lowest BCUT2D eigenvalue weighted by atomic mass is 10.2. The molecule has 0 fully saturated rings. The molecular weight excluding hydrogens is 256 g/mol. The van der Waals surface area contributed by atoms with Gasteiger partial charge in [-0.05, 0) is 25.5 Å². The Labute approximate surface area is 109 Å². The number of nitrogens with zero attached hydrogens (tertiary/aromatic N) is 1. The summed E-state index contributed by atoms with van der Waals surface area (Å²) in [7, 11) is 1.64. The lowest BCUT2D eigenvalue weighted by Crippen LogP contribution is -2.18. The molecule has 0 aliphatic carbocycles. The average molecular weight is 272 g/mol. The fourth-order valence-corrected chi connectivity index (χ4v) is 2.51. The van der Waals surface area contributed by atoms with Crippen molar-refractivity contribution >= 4 is 17.7 Å². The number of carboxylic acid groups (broad SMARTS) is 1. The molecule has 7 heteroatoms. The monoisotopic (exact) mass is 272 g/mol. The predicted octanol–water partition coefficient (Wildman–Crippen LogP) is 1.30. The second-order valence-corrected chi connectivity index (χ2v) is 4.78. The van der Waals surface area contributed by atoms with Gasteiger partial charge in [-0.1, -0.05) is 0 Å². The van der Waals surface area contributed by atoms with E-state index in [1.165, 1.54) is 11.8 Å². The molecule has 0 bridgehead atoms. The molecule has 0 amide bonds. The first-order chi connectivity index (χ1) is 8.56. The number of carboxylic acids is 1. The molecule has 100 valence electrons. The maximum absolute atomic E-state index is 11.2. The maximum atomic E-state index is 11.2. The largest absolute Gasteiger partial charge is 0.478 e. The number of methoxy groups -OCH3 is 1. The number of carbonyl (C=O) groups is 1. The first-order valence-corrected chi connectivity index (χ1v) is 6.50. The van der Waals surface area contributed by atoms with Gasteiger partial charge >= 0.3 is 11.7 Å². The Morgan fingerprint density at radius 2 is 2.22 bits per heavy atom. The summed E-state index contributed by atoms with van der Waals surface area (Å²) >= 11 is 1.29. The van der Waals surface area contributed by atoms with Crippen LogP contribution in [0.1, 0.15) is 28.9 Å². The Morgan fingerprint density at radius 3 is 2.83 bits per heavy atom. The topological polar surface area (TPSA) is 92.3 Å². The summed E-state index contributed by atoms with van der Waals surface area (Å²) in [5.41, 5.74) is -0.106. The van der Waals surface area contributed by atoms with E-state index >= 15 is 0 Å². The highest BCUT2D eigenvalue weighted by atomic mass is 32.2. The second-order valence-electron chi connectivity index (χ2n) is 3.70. The van der Waals surface area contributed by atoms with Crippen LogP contribution in [-0.4, -0.2) is 40.5 Å². The number of aromatic amines is 1. The molecule has 0 aromatic carbocycles. The van der Waals surface area contributed by atoms with Gasteiger partial charge in [0, 0.05) is 19.4 Å². The van der Waals surface area contributed by atoms with E-state index < -0.39 is 11.7 Å². The van der Waals surface area contributed by atoms with Gasteiger partial charge in [0.1, 0.15) is 10.6 Å². The van der Waals surface area contributed by atoms with Gasteiger partial charge in [0.25, 0.3) is 0 Å². The van der Waals surface area contributed by atoms with E-state index in [1.54, 1.807) is 14.0 Å². The molecule has 18 heavy (non-hydrogen) atoms. The zero-order chi connectivity index (χ0) is 13.5. The summed E-state index contributed by atoms with van der Waals surface area (Å²) in [6, 6.07) is 0. The molecule has 0 radical (unpaired) electrons. The molecule has 0 atom stereocenters. The number of unbranched alkanes of at least 4 members (excludes halogenated alkanes) is 1. The third-order valence-corrected chi connectivity index (χ3v) is 3.34. The average Bonchev–Trinajstić information content (AvgIpc) is 2.27. The molecule has 0 saturated heterocycles. The van der Waals surface area contributed by atoms with E-state index in [2.05, 4.69) is 9.97 Å². The smallest absolute Gasteiger partial charge is 0.346 e. The van der Waals surface area contributed by atoms with Crippen LogP contribution < -0.4 is 5.69 Å². The molecule has 0 aliphatic rings. The Morgan fingerprint density at radius 1 is 1.50 bits per heavy atom. The normalized spacial score (nSPS) is 10.6. The van der Waals surface area contributed by atoms with Crippen molar-refractivity contribution in [3.63, 3.8) is 0 Å². The summed E-state index contributed by atoms with van der Waals surface area (Å²) < 4.78 is 4.92. The highest BCUT2D eigenvalue weighted by molar-refractivity contribution is 7.99. The number of H-pyrrole nitrogens is 1. The minimum atomic E-state index is -1.07. The highest BCUT2D eigenvalue weighted by Crippen LogP contribution is 2.21. The van der Waals surface area contributed by atoms with Crippen molar-refractivity contribution in [2.24, 2.45) is 0 Å². The summed E-state index contributed by atoms with van der Waals surface area (Å²) in [6.07, 6.45) is 1.78. The lowest BCUT2D eigenvalue weighted by Gasteiger charge is -2.06. The van der Waals surface area contributed by atoms with Crippen LogP contribution in [0.2, 0.25) is 0 Å². The third kappa shape index (κ3) is 4.15. The van der Waals surface area contributed by atoms with Crippen LogP contribution in [0.25, 0.3) is 0 Å². The minimum absolute atomic E-state index is 0.0753. The number of ether oxygens (including phenoxy) is 1. The minimum Gasteiger partial charge on any atom is -0.478 e. The van der Waals surface area contributed by atoms with Gasteiger partial charge in [-0.2, -0.15) is 4.98 Å². The van der Waals surface area contributed by atoms with E-state index in [1.807, 2.05) is 0 Å². The summed E-state index contributed by atoms with van der Waals surface area (Å²) in [4.78, 5) is 28.4. The molecule has 1 heterocycles. The van der Waals surface area contributed by atoms with Crippen molar-refractivity contribution in [1.82, 2.24) is 9.97 Å². The van der Waals surface area contributed by atoms with Gasteiger partial charge in [-0.25, -0.2) is 9.59 Å². The van der Waals surface area contributed by atoms with Gasteiger partial charge < -0.3 is 14.8 Å².